The fraction of sp³-hybridized carbons (Fsp3) is 0.208. The molecule has 0 aliphatic rings. The summed E-state index contributed by atoms with van der Waals surface area (Å²) in [6.07, 6.45) is -3.84. The van der Waals surface area contributed by atoms with Crippen molar-refractivity contribution in [3.8, 4) is 0 Å². The molecule has 1 atom stereocenters. The van der Waals surface area contributed by atoms with E-state index in [1.165, 1.54) is 25.1 Å². The zero-order chi connectivity index (χ0) is 29.3. The van der Waals surface area contributed by atoms with Crippen molar-refractivity contribution < 1.29 is 34.8 Å². The summed E-state index contributed by atoms with van der Waals surface area (Å²) in [4.78, 5) is 12.6. The molecule has 39 heavy (non-hydrogen) atoms. The second-order valence-electron chi connectivity index (χ2n) is 8.48. The van der Waals surface area contributed by atoms with Gasteiger partial charge >= 0.3 is 6.18 Å². The number of carbonyl (C=O) groups is 1. The highest BCUT2D eigenvalue weighted by Gasteiger charge is 2.34. The van der Waals surface area contributed by atoms with Gasteiger partial charge in [-0.05, 0) is 74.0 Å². The van der Waals surface area contributed by atoms with Crippen LogP contribution in [0.1, 0.15) is 18.1 Å². The van der Waals surface area contributed by atoms with Crippen molar-refractivity contribution in [3.63, 3.8) is 0 Å². The minimum absolute atomic E-state index is 0.146. The number of sulfonamides is 2. The Morgan fingerprint density at radius 3 is 2.08 bits per heavy atom. The van der Waals surface area contributed by atoms with Gasteiger partial charge < -0.3 is 5.32 Å². The molecule has 0 bridgehead atoms. The number of nitrogens with zero attached hydrogens (tertiary/aromatic N) is 1. The Hall–Kier alpha value is -3.00. The van der Waals surface area contributed by atoms with Crippen LogP contribution in [0, 0.1) is 6.92 Å². The topological polar surface area (TPSA) is 113 Å². The Balaban J connectivity index is 1.80. The zero-order valence-corrected chi connectivity index (χ0v) is 23.7. The van der Waals surface area contributed by atoms with E-state index in [0.29, 0.717) is 11.6 Å². The fourth-order valence-electron chi connectivity index (χ4n) is 3.59. The van der Waals surface area contributed by atoms with Crippen LogP contribution in [0.5, 0.6) is 0 Å². The quantitative estimate of drug-likeness (QED) is 0.324. The van der Waals surface area contributed by atoms with Crippen LogP contribution >= 0.6 is 23.2 Å². The summed E-state index contributed by atoms with van der Waals surface area (Å²) >= 11 is 11.6. The van der Waals surface area contributed by atoms with E-state index in [4.69, 9.17) is 23.2 Å². The summed E-state index contributed by atoms with van der Waals surface area (Å²) in [5.41, 5.74) is -0.624. The van der Waals surface area contributed by atoms with Crippen LogP contribution in [0.4, 0.5) is 30.2 Å². The molecule has 3 rings (SSSR count). The first kappa shape index (κ1) is 30.5. The van der Waals surface area contributed by atoms with Crippen molar-refractivity contribution in [2.45, 2.75) is 31.0 Å². The van der Waals surface area contributed by atoms with E-state index >= 15 is 0 Å². The third-order valence-electron chi connectivity index (χ3n) is 5.45. The molecule has 1 amide bonds. The maximum absolute atomic E-state index is 13.1. The maximum atomic E-state index is 13.1. The smallest absolute Gasteiger partial charge is 0.324 e. The molecule has 2 N–H and O–H groups in total. The van der Waals surface area contributed by atoms with Crippen molar-refractivity contribution in [2.75, 3.05) is 20.6 Å². The zero-order valence-electron chi connectivity index (χ0n) is 20.5. The monoisotopic (exact) mass is 623 g/mol. The van der Waals surface area contributed by atoms with E-state index < -0.39 is 48.8 Å². The van der Waals surface area contributed by atoms with E-state index in [9.17, 15) is 34.8 Å². The Morgan fingerprint density at radius 1 is 0.923 bits per heavy atom. The number of nitrogens with one attached hydrogen (secondary N) is 2. The number of hydrogen-bond acceptors (Lipinski definition) is 5. The Morgan fingerprint density at radius 2 is 1.51 bits per heavy atom. The van der Waals surface area contributed by atoms with Crippen LogP contribution in [0.2, 0.25) is 10.0 Å². The molecule has 15 heteroatoms. The number of anilines is 3. The van der Waals surface area contributed by atoms with E-state index in [1.807, 2.05) is 0 Å². The van der Waals surface area contributed by atoms with Crippen LogP contribution in [0.3, 0.4) is 0 Å². The van der Waals surface area contributed by atoms with Crippen LogP contribution in [0.15, 0.2) is 65.6 Å². The summed E-state index contributed by atoms with van der Waals surface area (Å²) in [6.45, 7) is 3.04. The van der Waals surface area contributed by atoms with Gasteiger partial charge in [0.1, 0.15) is 6.04 Å². The third-order valence-corrected chi connectivity index (χ3v) is 8.64. The lowest BCUT2D eigenvalue weighted by atomic mass is 10.1. The normalized spacial score (nSPS) is 13.0. The first-order chi connectivity index (χ1) is 17.9. The van der Waals surface area contributed by atoms with Crippen molar-refractivity contribution >= 4 is 66.2 Å². The molecule has 0 fully saturated rings. The van der Waals surface area contributed by atoms with E-state index in [0.717, 1.165) is 34.8 Å². The molecule has 3 aromatic rings. The van der Waals surface area contributed by atoms with E-state index in [1.54, 1.807) is 19.1 Å². The molecule has 210 valence electrons. The predicted molar refractivity (Wildman–Crippen MR) is 145 cm³/mol. The number of amides is 1. The molecule has 3 aromatic carbocycles. The van der Waals surface area contributed by atoms with Gasteiger partial charge in [0.05, 0.1) is 27.4 Å². The number of halogens is 5. The van der Waals surface area contributed by atoms with Crippen molar-refractivity contribution in [1.82, 2.24) is 0 Å². The van der Waals surface area contributed by atoms with Gasteiger partial charge in [-0.3, -0.25) is 13.8 Å². The van der Waals surface area contributed by atoms with E-state index in [2.05, 4.69) is 10.0 Å². The van der Waals surface area contributed by atoms with Crippen molar-refractivity contribution in [2.24, 2.45) is 0 Å². The predicted octanol–water partition coefficient (Wildman–Crippen LogP) is 5.91. The summed E-state index contributed by atoms with van der Waals surface area (Å²) in [7, 11) is -8.22. The third kappa shape index (κ3) is 7.35. The van der Waals surface area contributed by atoms with Crippen LogP contribution in [0.25, 0.3) is 0 Å². The summed E-state index contributed by atoms with van der Waals surface area (Å²) in [5.74, 6) is -0.714. The van der Waals surface area contributed by atoms with Gasteiger partial charge in [-0.1, -0.05) is 29.3 Å². The molecular weight excluding hydrogens is 602 g/mol. The van der Waals surface area contributed by atoms with Gasteiger partial charge in [0.25, 0.3) is 10.0 Å². The maximum Gasteiger partial charge on any atom is 0.417 e. The molecule has 0 radical (unpaired) electrons. The molecule has 8 nitrogen and oxygen atoms in total. The average molecular weight is 624 g/mol. The van der Waals surface area contributed by atoms with Gasteiger partial charge in [0.15, 0.2) is 0 Å². The van der Waals surface area contributed by atoms with Crippen molar-refractivity contribution in [1.29, 1.82) is 0 Å². The highest BCUT2D eigenvalue weighted by atomic mass is 35.5. The molecule has 0 heterocycles. The highest BCUT2D eigenvalue weighted by Crippen LogP contribution is 2.36. The number of hydrogen-bond donors (Lipinski definition) is 2. The number of rotatable bonds is 8. The molecule has 0 aromatic heterocycles. The second-order valence-corrected chi connectivity index (χ2v) is 12.9. The highest BCUT2D eigenvalue weighted by molar-refractivity contribution is 7.92. The second kappa shape index (κ2) is 11.2. The number of benzene rings is 3. The number of aryl methyl sites for hydroxylation is 1. The molecule has 0 aliphatic heterocycles. The minimum Gasteiger partial charge on any atom is -0.324 e. The van der Waals surface area contributed by atoms with Gasteiger partial charge in [0, 0.05) is 16.4 Å². The molecular formula is C24H22Cl2F3N3O5S2. The van der Waals surface area contributed by atoms with Crippen LogP contribution < -0.4 is 14.3 Å². The van der Waals surface area contributed by atoms with Gasteiger partial charge in [-0.2, -0.15) is 13.2 Å². The Bertz CT molecular complexity index is 1610. The van der Waals surface area contributed by atoms with Gasteiger partial charge in [-0.25, -0.2) is 16.8 Å². The Kier molecular flexibility index (Phi) is 8.80. The standard InChI is InChI=1S/C24H22Cl2F3N3O5S2/c1-14-4-5-16(25)12-22(14)32(38(3,34)35)15(2)23(33)30-17-6-9-19(10-7-17)39(36,37)31-18-8-11-21(26)20(13-18)24(27,28)29/h4-13,15,31H,1-3H3,(H,30,33)/t15-/m1/s1. The van der Waals surface area contributed by atoms with Crippen molar-refractivity contribution in [3.05, 3.63) is 81.8 Å². The first-order valence-electron chi connectivity index (χ1n) is 11.0. The summed E-state index contributed by atoms with van der Waals surface area (Å²) < 4.78 is 92.8. The number of carbonyl (C=O) groups excluding carboxylic acids is 1. The van der Waals surface area contributed by atoms with Crippen LogP contribution in [-0.2, 0) is 31.0 Å². The molecule has 0 unspecified atom stereocenters. The average Bonchev–Trinajstić information content (AvgIpc) is 2.81. The van der Waals surface area contributed by atoms with Gasteiger partial charge in [0.2, 0.25) is 15.9 Å². The molecule has 0 spiro atoms. The largest absolute Gasteiger partial charge is 0.417 e. The fourth-order valence-corrected chi connectivity index (χ4v) is 6.25. The summed E-state index contributed by atoms with van der Waals surface area (Å²) in [6, 6.07) is 10.7. The summed E-state index contributed by atoms with van der Waals surface area (Å²) in [5, 5.41) is 2.21. The molecule has 0 aliphatic carbocycles. The molecule has 0 saturated heterocycles. The first-order valence-corrected chi connectivity index (χ1v) is 15.0. The van der Waals surface area contributed by atoms with E-state index in [-0.39, 0.29) is 27.0 Å². The minimum atomic E-state index is -4.78. The lowest BCUT2D eigenvalue weighted by Crippen LogP contribution is -2.45. The lowest BCUT2D eigenvalue weighted by molar-refractivity contribution is -0.137. The molecule has 0 saturated carbocycles. The Labute approximate surface area is 233 Å². The number of alkyl halides is 3. The van der Waals surface area contributed by atoms with Crippen LogP contribution in [-0.4, -0.2) is 35.0 Å². The SMILES string of the molecule is Cc1ccc(Cl)cc1N([C@H](C)C(=O)Nc1ccc(S(=O)(=O)Nc2ccc(Cl)c(C(F)(F)F)c2)cc1)S(C)(=O)=O. The van der Waals surface area contributed by atoms with Gasteiger partial charge in [-0.15, -0.1) is 0 Å². The lowest BCUT2D eigenvalue weighted by Gasteiger charge is -2.29.